The number of alkyl halides is 1. The molecular formula is C10H21F. The van der Waals surface area contributed by atoms with Gasteiger partial charge < -0.3 is 0 Å². The minimum absolute atomic E-state index is 0.167. The maximum absolute atomic E-state index is 12.2. The Morgan fingerprint density at radius 2 is 1.45 bits per heavy atom. The normalized spacial score (nSPS) is 16.9. The van der Waals surface area contributed by atoms with Gasteiger partial charge >= 0.3 is 0 Å². The molecule has 0 N–H and O–H groups in total. The number of hydrogen-bond donors (Lipinski definition) is 0. The first kappa shape index (κ1) is 10.9. The maximum atomic E-state index is 12.2. The van der Waals surface area contributed by atoms with E-state index >= 15 is 0 Å². The molecule has 11 heavy (non-hydrogen) atoms. The van der Waals surface area contributed by atoms with Gasteiger partial charge in [0, 0.05) is 0 Å². The number of halogens is 1. The fourth-order valence-electron chi connectivity index (χ4n) is 1.03. The summed E-state index contributed by atoms with van der Waals surface area (Å²) in [5.41, 5.74) is 0. The average molecular weight is 160 g/mol. The standard InChI is InChI=1S/C10H21F/c1-8(2)5-6-9(3)10(4)7-11/h8-10H,5-7H2,1-4H3/t9-,10?/m0/s1. The van der Waals surface area contributed by atoms with Crippen LogP contribution in [-0.4, -0.2) is 6.67 Å². The van der Waals surface area contributed by atoms with Crippen molar-refractivity contribution < 1.29 is 4.39 Å². The minimum Gasteiger partial charge on any atom is -0.251 e. The van der Waals surface area contributed by atoms with E-state index in [-0.39, 0.29) is 12.6 Å². The summed E-state index contributed by atoms with van der Waals surface area (Å²) in [7, 11) is 0. The van der Waals surface area contributed by atoms with E-state index in [1.54, 1.807) is 0 Å². The zero-order valence-electron chi connectivity index (χ0n) is 8.23. The summed E-state index contributed by atoms with van der Waals surface area (Å²) in [6, 6.07) is 0. The van der Waals surface area contributed by atoms with Gasteiger partial charge in [-0.15, -0.1) is 0 Å². The molecule has 0 aromatic carbocycles. The van der Waals surface area contributed by atoms with Crippen LogP contribution in [0.25, 0.3) is 0 Å². The molecule has 68 valence electrons. The van der Waals surface area contributed by atoms with Gasteiger partial charge in [0.2, 0.25) is 0 Å². The summed E-state index contributed by atoms with van der Waals surface area (Å²) in [4.78, 5) is 0. The Labute approximate surface area is 70.2 Å². The van der Waals surface area contributed by atoms with Crippen molar-refractivity contribution in [1.82, 2.24) is 0 Å². The van der Waals surface area contributed by atoms with Gasteiger partial charge in [0.25, 0.3) is 0 Å². The Morgan fingerprint density at radius 3 is 1.82 bits per heavy atom. The molecule has 0 heterocycles. The summed E-state index contributed by atoms with van der Waals surface area (Å²) in [5.74, 6) is 1.54. The molecule has 0 nitrogen and oxygen atoms in total. The van der Waals surface area contributed by atoms with E-state index in [9.17, 15) is 4.39 Å². The third-order valence-corrected chi connectivity index (χ3v) is 2.41. The van der Waals surface area contributed by atoms with Crippen LogP contribution < -0.4 is 0 Å². The molecule has 1 heteroatoms. The Balaban J connectivity index is 3.43. The molecule has 0 aliphatic heterocycles. The van der Waals surface area contributed by atoms with Gasteiger partial charge in [-0.25, -0.2) is 0 Å². The molecule has 0 spiro atoms. The minimum atomic E-state index is -0.167. The largest absolute Gasteiger partial charge is 0.251 e. The quantitative estimate of drug-likeness (QED) is 0.575. The lowest BCUT2D eigenvalue weighted by Crippen LogP contribution is -2.10. The molecule has 0 aromatic heterocycles. The molecule has 0 saturated carbocycles. The highest BCUT2D eigenvalue weighted by molar-refractivity contribution is 4.61. The number of rotatable bonds is 5. The number of hydrogen-bond acceptors (Lipinski definition) is 0. The zero-order chi connectivity index (χ0) is 8.85. The molecule has 0 bridgehead atoms. The van der Waals surface area contributed by atoms with Crippen LogP contribution in [0.2, 0.25) is 0 Å². The molecule has 2 atom stereocenters. The van der Waals surface area contributed by atoms with Crippen molar-refractivity contribution in [2.75, 3.05) is 6.67 Å². The van der Waals surface area contributed by atoms with E-state index in [1.165, 1.54) is 12.8 Å². The van der Waals surface area contributed by atoms with Gasteiger partial charge in [-0.05, 0) is 17.8 Å². The molecule has 0 aromatic rings. The van der Waals surface area contributed by atoms with E-state index in [1.807, 2.05) is 6.92 Å². The van der Waals surface area contributed by atoms with Gasteiger partial charge in [0.05, 0.1) is 6.67 Å². The fraction of sp³-hybridized carbons (Fsp3) is 1.00. The van der Waals surface area contributed by atoms with E-state index in [2.05, 4.69) is 20.8 Å². The fourth-order valence-corrected chi connectivity index (χ4v) is 1.03. The third-order valence-electron chi connectivity index (χ3n) is 2.41. The maximum Gasteiger partial charge on any atom is 0.0922 e. The lowest BCUT2D eigenvalue weighted by molar-refractivity contribution is 0.271. The lowest BCUT2D eigenvalue weighted by Gasteiger charge is -2.17. The van der Waals surface area contributed by atoms with Gasteiger partial charge in [0.1, 0.15) is 0 Å². The molecule has 0 saturated heterocycles. The van der Waals surface area contributed by atoms with Crippen molar-refractivity contribution in [3.05, 3.63) is 0 Å². The summed E-state index contributed by atoms with van der Waals surface area (Å²) < 4.78 is 12.2. The predicted molar refractivity (Wildman–Crippen MR) is 48.4 cm³/mol. The van der Waals surface area contributed by atoms with Crippen molar-refractivity contribution in [3.63, 3.8) is 0 Å². The Kier molecular flexibility index (Phi) is 5.53. The molecule has 0 amide bonds. The van der Waals surface area contributed by atoms with Gasteiger partial charge in [-0.2, -0.15) is 0 Å². The van der Waals surface area contributed by atoms with Crippen molar-refractivity contribution in [2.45, 2.75) is 40.5 Å². The van der Waals surface area contributed by atoms with Crippen molar-refractivity contribution in [3.8, 4) is 0 Å². The highest BCUT2D eigenvalue weighted by atomic mass is 19.1. The molecule has 0 rings (SSSR count). The van der Waals surface area contributed by atoms with Crippen LogP contribution in [0, 0.1) is 17.8 Å². The first-order chi connectivity index (χ1) is 5.07. The highest BCUT2D eigenvalue weighted by Crippen LogP contribution is 2.19. The summed E-state index contributed by atoms with van der Waals surface area (Å²) >= 11 is 0. The Bertz CT molecular complexity index is 88.9. The van der Waals surface area contributed by atoms with Crippen molar-refractivity contribution in [1.29, 1.82) is 0 Å². The van der Waals surface area contributed by atoms with Crippen LogP contribution >= 0.6 is 0 Å². The summed E-state index contributed by atoms with van der Waals surface area (Å²) in [6.45, 7) is 8.40. The second-order valence-electron chi connectivity index (χ2n) is 4.08. The van der Waals surface area contributed by atoms with Crippen LogP contribution in [0.1, 0.15) is 40.5 Å². The van der Waals surface area contributed by atoms with Gasteiger partial charge in [-0.3, -0.25) is 4.39 Å². The summed E-state index contributed by atoms with van der Waals surface area (Å²) in [6.07, 6.45) is 2.40. The lowest BCUT2D eigenvalue weighted by atomic mass is 9.90. The SMILES string of the molecule is CC(C)CC[C@H](C)C(C)CF. The van der Waals surface area contributed by atoms with Crippen LogP contribution in [0.5, 0.6) is 0 Å². The second kappa shape index (κ2) is 5.56. The summed E-state index contributed by atoms with van der Waals surface area (Å²) in [5, 5.41) is 0. The molecule has 0 aliphatic carbocycles. The zero-order valence-corrected chi connectivity index (χ0v) is 8.23. The first-order valence-corrected chi connectivity index (χ1v) is 4.63. The van der Waals surface area contributed by atoms with Crippen LogP contribution in [0.4, 0.5) is 4.39 Å². The van der Waals surface area contributed by atoms with E-state index in [0.717, 1.165) is 5.92 Å². The molecule has 0 radical (unpaired) electrons. The highest BCUT2D eigenvalue weighted by Gasteiger charge is 2.11. The van der Waals surface area contributed by atoms with Crippen LogP contribution in [0.15, 0.2) is 0 Å². The average Bonchev–Trinajstić information content (AvgIpc) is 1.98. The van der Waals surface area contributed by atoms with E-state index in [0.29, 0.717) is 5.92 Å². The molecule has 1 unspecified atom stereocenters. The topological polar surface area (TPSA) is 0 Å². The van der Waals surface area contributed by atoms with Gasteiger partial charge in [0.15, 0.2) is 0 Å². The van der Waals surface area contributed by atoms with E-state index in [4.69, 9.17) is 0 Å². The molecular weight excluding hydrogens is 139 g/mol. The second-order valence-corrected chi connectivity index (χ2v) is 4.08. The smallest absolute Gasteiger partial charge is 0.0922 e. The van der Waals surface area contributed by atoms with Gasteiger partial charge in [-0.1, -0.05) is 40.5 Å². The molecule has 0 aliphatic rings. The van der Waals surface area contributed by atoms with Crippen molar-refractivity contribution >= 4 is 0 Å². The molecule has 0 fully saturated rings. The predicted octanol–water partition coefficient (Wildman–Crippen LogP) is 3.66. The first-order valence-electron chi connectivity index (χ1n) is 4.63. The van der Waals surface area contributed by atoms with E-state index < -0.39 is 0 Å². The third kappa shape index (κ3) is 5.23. The van der Waals surface area contributed by atoms with Crippen molar-refractivity contribution in [2.24, 2.45) is 17.8 Å². The monoisotopic (exact) mass is 160 g/mol. The Morgan fingerprint density at radius 1 is 0.909 bits per heavy atom. The van der Waals surface area contributed by atoms with Crippen LogP contribution in [0.3, 0.4) is 0 Å². The Hall–Kier alpha value is -0.0700. The van der Waals surface area contributed by atoms with Crippen LogP contribution in [-0.2, 0) is 0 Å².